The smallest absolute Gasteiger partial charge is 0.259 e. The number of nitrogens with one attached hydrogen (secondary N) is 2. The van der Waals surface area contributed by atoms with E-state index < -0.39 is 0 Å². The van der Waals surface area contributed by atoms with Crippen LogP contribution in [0.25, 0.3) is 5.69 Å². The van der Waals surface area contributed by atoms with Crippen molar-refractivity contribution in [3.05, 3.63) is 48.0 Å². The highest BCUT2D eigenvalue weighted by Crippen LogP contribution is 2.15. The maximum atomic E-state index is 12.1. The molecule has 2 N–H and O–H groups in total. The van der Waals surface area contributed by atoms with Crippen molar-refractivity contribution >= 4 is 11.6 Å². The van der Waals surface area contributed by atoms with Crippen LogP contribution in [-0.2, 0) is 0 Å². The highest BCUT2D eigenvalue weighted by molar-refractivity contribution is 6.04. The summed E-state index contributed by atoms with van der Waals surface area (Å²) in [7, 11) is 0. The molecule has 0 saturated carbocycles. The van der Waals surface area contributed by atoms with Crippen LogP contribution in [-0.4, -0.2) is 36.3 Å². The van der Waals surface area contributed by atoms with Crippen molar-refractivity contribution in [3.63, 3.8) is 0 Å². The molecular weight excluding hydrogens is 258 g/mol. The van der Waals surface area contributed by atoms with Gasteiger partial charge in [-0.15, -0.1) is 5.10 Å². The van der Waals surface area contributed by atoms with E-state index in [-0.39, 0.29) is 5.91 Å². The van der Waals surface area contributed by atoms with Crippen LogP contribution in [0.3, 0.4) is 0 Å². The predicted octanol–water partition coefficient (Wildman–Crippen LogP) is 0.946. The van der Waals surface area contributed by atoms with Crippen LogP contribution in [0, 0.1) is 6.92 Å². The maximum absolute atomic E-state index is 12.1. The lowest BCUT2D eigenvalue weighted by Gasteiger charge is -2.06. The van der Waals surface area contributed by atoms with Gasteiger partial charge in [-0.3, -0.25) is 9.89 Å². The molecule has 0 aliphatic rings. The van der Waals surface area contributed by atoms with Crippen LogP contribution >= 0.6 is 0 Å². The van der Waals surface area contributed by atoms with E-state index in [9.17, 15) is 4.79 Å². The molecule has 100 valence electrons. The van der Waals surface area contributed by atoms with Crippen LogP contribution < -0.4 is 5.32 Å². The van der Waals surface area contributed by atoms with Crippen molar-refractivity contribution in [2.24, 2.45) is 0 Å². The standard InChI is InChI=1S/C12H11N7O/c1-8-11(6-13-16-8)12(20)15-9-3-2-4-10(5-9)19-7-14-17-18-19/h2-7H,1H3,(H,13,16)(H,15,20). The summed E-state index contributed by atoms with van der Waals surface area (Å²) in [5.41, 5.74) is 2.65. The average Bonchev–Trinajstić information content (AvgIpc) is 3.09. The number of hydrogen-bond donors (Lipinski definition) is 2. The Kier molecular flexibility index (Phi) is 2.96. The third kappa shape index (κ3) is 2.26. The van der Waals surface area contributed by atoms with Gasteiger partial charge in [0.25, 0.3) is 5.91 Å². The number of aryl methyl sites for hydroxylation is 1. The Bertz CT molecular complexity index is 732. The van der Waals surface area contributed by atoms with Gasteiger partial charge in [0.1, 0.15) is 6.33 Å². The fourth-order valence-electron chi connectivity index (χ4n) is 1.78. The molecule has 1 amide bonds. The highest BCUT2D eigenvalue weighted by atomic mass is 16.1. The number of carbonyl (C=O) groups excluding carboxylic acids is 1. The van der Waals surface area contributed by atoms with Gasteiger partial charge in [-0.2, -0.15) is 5.10 Å². The predicted molar refractivity (Wildman–Crippen MR) is 70.4 cm³/mol. The van der Waals surface area contributed by atoms with Crippen molar-refractivity contribution in [1.29, 1.82) is 0 Å². The monoisotopic (exact) mass is 269 g/mol. The lowest BCUT2D eigenvalue weighted by atomic mass is 10.2. The summed E-state index contributed by atoms with van der Waals surface area (Å²) in [4.78, 5) is 12.1. The normalized spacial score (nSPS) is 10.4. The number of carbonyl (C=O) groups is 1. The van der Waals surface area contributed by atoms with E-state index in [0.717, 1.165) is 11.4 Å². The summed E-state index contributed by atoms with van der Waals surface area (Å²) in [6.07, 6.45) is 2.98. The minimum absolute atomic E-state index is 0.217. The highest BCUT2D eigenvalue weighted by Gasteiger charge is 2.11. The average molecular weight is 269 g/mol. The molecule has 0 atom stereocenters. The van der Waals surface area contributed by atoms with Gasteiger partial charge in [-0.25, -0.2) is 4.68 Å². The minimum atomic E-state index is -0.217. The molecule has 0 fully saturated rings. The summed E-state index contributed by atoms with van der Waals surface area (Å²) in [5, 5.41) is 20.3. The number of H-pyrrole nitrogens is 1. The number of benzene rings is 1. The van der Waals surface area contributed by atoms with Crippen LogP contribution in [0.15, 0.2) is 36.8 Å². The van der Waals surface area contributed by atoms with E-state index >= 15 is 0 Å². The van der Waals surface area contributed by atoms with Gasteiger partial charge in [0.05, 0.1) is 17.4 Å². The summed E-state index contributed by atoms with van der Waals surface area (Å²) < 4.78 is 1.51. The number of amides is 1. The zero-order valence-corrected chi connectivity index (χ0v) is 10.6. The molecule has 8 heteroatoms. The molecule has 2 aromatic heterocycles. The van der Waals surface area contributed by atoms with Gasteiger partial charge < -0.3 is 5.32 Å². The van der Waals surface area contributed by atoms with Gasteiger partial charge >= 0.3 is 0 Å². The number of aromatic amines is 1. The quantitative estimate of drug-likeness (QED) is 0.737. The number of hydrogen-bond acceptors (Lipinski definition) is 5. The molecule has 0 radical (unpaired) electrons. The van der Waals surface area contributed by atoms with Crippen molar-refractivity contribution in [2.45, 2.75) is 6.92 Å². The summed E-state index contributed by atoms with van der Waals surface area (Å²) in [5.74, 6) is -0.217. The van der Waals surface area contributed by atoms with E-state index in [4.69, 9.17) is 0 Å². The van der Waals surface area contributed by atoms with E-state index in [2.05, 4.69) is 31.0 Å². The third-order valence-corrected chi connectivity index (χ3v) is 2.79. The molecule has 0 spiro atoms. The fourth-order valence-corrected chi connectivity index (χ4v) is 1.78. The number of rotatable bonds is 3. The number of tetrazole rings is 1. The molecule has 8 nitrogen and oxygen atoms in total. The van der Waals surface area contributed by atoms with Gasteiger partial charge in [-0.05, 0) is 35.5 Å². The molecule has 0 aliphatic heterocycles. The lowest BCUT2D eigenvalue weighted by molar-refractivity contribution is 0.102. The lowest BCUT2D eigenvalue weighted by Crippen LogP contribution is -2.12. The molecule has 0 saturated heterocycles. The van der Waals surface area contributed by atoms with Crippen molar-refractivity contribution in [1.82, 2.24) is 30.4 Å². The first-order valence-electron chi connectivity index (χ1n) is 5.89. The second kappa shape index (κ2) is 4.92. The first-order valence-corrected chi connectivity index (χ1v) is 5.89. The fraction of sp³-hybridized carbons (Fsp3) is 0.0833. The summed E-state index contributed by atoms with van der Waals surface area (Å²) in [6, 6.07) is 7.23. The molecule has 0 unspecified atom stereocenters. The maximum Gasteiger partial charge on any atom is 0.259 e. The Labute approximate surface area is 113 Å². The van der Waals surface area contributed by atoms with E-state index in [1.54, 1.807) is 19.1 Å². The molecule has 3 rings (SSSR count). The van der Waals surface area contributed by atoms with Gasteiger partial charge in [-0.1, -0.05) is 6.07 Å². The first kappa shape index (κ1) is 12.0. The van der Waals surface area contributed by atoms with E-state index in [0.29, 0.717) is 11.3 Å². The number of anilines is 1. The van der Waals surface area contributed by atoms with E-state index in [1.165, 1.54) is 17.2 Å². The largest absolute Gasteiger partial charge is 0.322 e. The minimum Gasteiger partial charge on any atom is -0.322 e. The number of aromatic nitrogens is 6. The SMILES string of the molecule is Cc1[nH]ncc1C(=O)Nc1cccc(-n2cnnn2)c1. The zero-order chi connectivity index (χ0) is 13.9. The molecular formula is C12H11N7O. The topological polar surface area (TPSA) is 101 Å². The van der Waals surface area contributed by atoms with E-state index in [1.807, 2.05) is 12.1 Å². The van der Waals surface area contributed by atoms with Crippen molar-refractivity contribution < 1.29 is 4.79 Å². The van der Waals surface area contributed by atoms with Gasteiger partial charge in [0.15, 0.2) is 0 Å². The van der Waals surface area contributed by atoms with Crippen LogP contribution in [0.1, 0.15) is 16.1 Å². The van der Waals surface area contributed by atoms with Gasteiger partial charge in [0.2, 0.25) is 0 Å². The molecule has 1 aromatic carbocycles. The summed E-state index contributed by atoms with van der Waals surface area (Å²) in [6.45, 7) is 1.79. The Morgan fingerprint density at radius 2 is 2.30 bits per heavy atom. The zero-order valence-electron chi connectivity index (χ0n) is 10.6. The first-order chi connectivity index (χ1) is 9.74. The second-order valence-corrected chi connectivity index (χ2v) is 4.17. The Hall–Kier alpha value is -3.03. The van der Waals surface area contributed by atoms with Crippen molar-refractivity contribution in [3.8, 4) is 5.69 Å². The molecule has 3 aromatic rings. The molecule has 20 heavy (non-hydrogen) atoms. The van der Waals surface area contributed by atoms with Crippen LogP contribution in [0.4, 0.5) is 5.69 Å². The Morgan fingerprint density at radius 1 is 1.40 bits per heavy atom. The summed E-state index contributed by atoms with van der Waals surface area (Å²) >= 11 is 0. The Morgan fingerprint density at radius 3 is 3.00 bits per heavy atom. The van der Waals surface area contributed by atoms with Crippen LogP contribution in [0.2, 0.25) is 0 Å². The van der Waals surface area contributed by atoms with Gasteiger partial charge in [0, 0.05) is 11.4 Å². The Balaban J connectivity index is 1.83. The van der Waals surface area contributed by atoms with Crippen LogP contribution in [0.5, 0.6) is 0 Å². The molecule has 0 bridgehead atoms. The second-order valence-electron chi connectivity index (χ2n) is 4.17. The third-order valence-electron chi connectivity index (χ3n) is 2.79. The van der Waals surface area contributed by atoms with Crippen molar-refractivity contribution in [2.75, 3.05) is 5.32 Å². The molecule has 0 aliphatic carbocycles. The molecule has 2 heterocycles. The number of nitrogens with zero attached hydrogens (tertiary/aromatic N) is 5.